The summed E-state index contributed by atoms with van der Waals surface area (Å²) in [6, 6.07) is 0. The molecule has 19 heavy (non-hydrogen) atoms. The first-order valence-corrected chi connectivity index (χ1v) is 6.59. The van der Waals surface area contributed by atoms with Crippen molar-refractivity contribution in [2.75, 3.05) is 19.7 Å². The van der Waals surface area contributed by atoms with Gasteiger partial charge in [0.05, 0.1) is 18.9 Å². The quantitative estimate of drug-likeness (QED) is 0.831. The molecule has 6 heteroatoms. The molecule has 1 aromatic heterocycles. The van der Waals surface area contributed by atoms with Crippen molar-refractivity contribution < 1.29 is 14.3 Å². The maximum absolute atomic E-state index is 12.2. The van der Waals surface area contributed by atoms with E-state index < -0.39 is 0 Å². The van der Waals surface area contributed by atoms with Gasteiger partial charge in [0.1, 0.15) is 5.69 Å². The van der Waals surface area contributed by atoms with E-state index in [0.29, 0.717) is 38.2 Å². The average Bonchev–Trinajstić information content (AvgIpc) is 2.84. The summed E-state index contributed by atoms with van der Waals surface area (Å²) in [5.74, 6) is -0.295. The van der Waals surface area contributed by atoms with Crippen LogP contribution < -0.4 is 0 Å². The number of aromatic nitrogens is 2. The minimum absolute atomic E-state index is 0.0685. The molecule has 2 heterocycles. The number of aryl methyl sites for hydroxylation is 1. The van der Waals surface area contributed by atoms with Crippen LogP contribution in [0, 0.1) is 12.8 Å². The van der Waals surface area contributed by atoms with Crippen LogP contribution in [0.15, 0.2) is 6.33 Å². The van der Waals surface area contributed by atoms with Crippen LogP contribution in [0.25, 0.3) is 0 Å². The van der Waals surface area contributed by atoms with Crippen molar-refractivity contribution in [3.05, 3.63) is 17.7 Å². The molecule has 1 N–H and O–H groups in total. The first-order chi connectivity index (χ1) is 9.13. The Labute approximate surface area is 112 Å². The molecule has 0 aromatic carbocycles. The van der Waals surface area contributed by atoms with Crippen LogP contribution in [-0.4, -0.2) is 46.4 Å². The number of nitrogens with one attached hydrogen (secondary N) is 1. The van der Waals surface area contributed by atoms with Crippen LogP contribution in [0.3, 0.4) is 0 Å². The van der Waals surface area contributed by atoms with Gasteiger partial charge < -0.3 is 14.6 Å². The number of aromatic amines is 1. The van der Waals surface area contributed by atoms with Gasteiger partial charge in [-0.15, -0.1) is 0 Å². The molecule has 6 nitrogen and oxygen atoms in total. The highest BCUT2D eigenvalue weighted by Crippen LogP contribution is 2.20. The van der Waals surface area contributed by atoms with Crippen LogP contribution >= 0.6 is 0 Å². The number of nitrogens with zero attached hydrogens (tertiary/aromatic N) is 2. The molecular formula is C13H19N3O3. The Bertz CT molecular complexity index is 461. The van der Waals surface area contributed by atoms with E-state index in [1.807, 2.05) is 6.92 Å². The average molecular weight is 265 g/mol. The number of hydrogen-bond donors (Lipinski definition) is 1. The number of carbonyl (C=O) groups is 2. The van der Waals surface area contributed by atoms with E-state index in [2.05, 4.69) is 9.97 Å². The number of hydrogen-bond acceptors (Lipinski definition) is 4. The number of esters is 1. The fourth-order valence-corrected chi connectivity index (χ4v) is 2.30. The Morgan fingerprint density at radius 3 is 2.68 bits per heavy atom. The molecule has 0 atom stereocenters. The van der Waals surface area contributed by atoms with Gasteiger partial charge in [-0.1, -0.05) is 0 Å². The highest BCUT2D eigenvalue weighted by atomic mass is 16.5. The maximum Gasteiger partial charge on any atom is 0.309 e. The Morgan fingerprint density at radius 1 is 1.47 bits per heavy atom. The molecule has 1 aliphatic heterocycles. The second kappa shape index (κ2) is 5.86. The van der Waals surface area contributed by atoms with Crippen LogP contribution in [0.1, 0.15) is 35.9 Å². The van der Waals surface area contributed by atoms with Crippen LogP contribution in [0.2, 0.25) is 0 Å². The van der Waals surface area contributed by atoms with Gasteiger partial charge in [0.25, 0.3) is 5.91 Å². The number of likely N-dealkylation sites (tertiary alicyclic amines) is 1. The van der Waals surface area contributed by atoms with E-state index in [-0.39, 0.29) is 17.8 Å². The van der Waals surface area contributed by atoms with Gasteiger partial charge in [-0.2, -0.15) is 0 Å². The van der Waals surface area contributed by atoms with Crippen LogP contribution in [-0.2, 0) is 9.53 Å². The molecule has 0 aliphatic carbocycles. The highest BCUT2D eigenvalue weighted by molar-refractivity contribution is 5.93. The molecule has 0 radical (unpaired) electrons. The number of H-pyrrole nitrogens is 1. The van der Waals surface area contributed by atoms with Crippen molar-refractivity contribution in [2.45, 2.75) is 26.7 Å². The summed E-state index contributed by atoms with van der Waals surface area (Å²) in [6.45, 7) is 5.19. The Hall–Kier alpha value is -1.85. The van der Waals surface area contributed by atoms with Crippen molar-refractivity contribution in [1.29, 1.82) is 0 Å². The number of piperidine rings is 1. The number of rotatable bonds is 3. The van der Waals surface area contributed by atoms with Crippen molar-refractivity contribution in [2.24, 2.45) is 5.92 Å². The molecular weight excluding hydrogens is 246 g/mol. The molecule has 1 fully saturated rings. The van der Waals surface area contributed by atoms with E-state index in [4.69, 9.17) is 4.74 Å². The number of ether oxygens (including phenoxy) is 1. The fourth-order valence-electron chi connectivity index (χ4n) is 2.30. The molecule has 0 saturated carbocycles. The summed E-state index contributed by atoms with van der Waals surface area (Å²) in [5, 5.41) is 0. The lowest BCUT2D eigenvalue weighted by atomic mass is 9.97. The molecule has 1 aromatic rings. The summed E-state index contributed by atoms with van der Waals surface area (Å²) >= 11 is 0. The topological polar surface area (TPSA) is 75.3 Å². The van der Waals surface area contributed by atoms with Crippen molar-refractivity contribution in [1.82, 2.24) is 14.9 Å². The van der Waals surface area contributed by atoms with Gasteiger partial charge in [0, 0.05) is 18.8 Å². The Balaban J connectivity index is 1.92. The molecule has 0 spiro atoms. The van der Waals surface area contributed by atoms with E-state index in [9.17, 15) is 9.59 Å². The van der Waals surface area contributed by atoms with E-state index in [0.717, 1.165) is 5.69 Å². The summed E-state index contributed by atoms with van der Waals surface area (Å²) in [6.07, 6.45) is 2.84. The van der Waals surface area contributed by atoms with E-state index in [1.54, 1.807) is 11.8 Å². The number of imidazole rings is 1. The van der Waals surface area contributed by atoms with E-state index in [1.165, 1.54) is 6.33 Å². The number of carbonyl (C=O) groups excluding carboxylic acids is 2. The minimum atomic E-state index is -0.148. The van der Waals surface area contributed by atoms with Gasteiger partial charge in [-0.3, -0.25) is 9.59 Å². The second-order valence-corrected chi connectivity index (χ2v) is 4.69. The first kappa shape index (κ1) is 13.6. The zero-order valence-electron chi connectivity index (χ0n) is 11.3. The SMILES string of the molecule is CCOC(=O)C1CCN(C(=O)c2nc[nH]c2C)CC1. The van der Waals surface area contributed by atoms with Crippen molar-refractivity contribution >= 4 is 11.9 Å². The zero-order chi connectivity index (χ0) is 13.8. The third-order valence-electron chi connectivity index (χ3n) is 3.43. The number of amides is 1. The lowest BCUT2D eigenvalue weighted by Gasteiger charge is -2.30. The summed E-state index contributed by atoms with van der Waals surface area (Å²) < 4.78 is 5.01. The normalized spacial score (nSPS) is 16.4. The molecule has 0 bridgehead atoms. The predicted octanol–water partition coefficient (Wildman–Crippen LogP) is 1.13. The van der Waals surface area contributed by atoms with Crippen molar-refractivity contribution in [3.63, 3.8) is 0 Å². The van der Waals surface area contributed by atoms with Gasteiger partial charge in [0.15, 0.2) is 0 Å². The third kappa shape index (κ3) is 2.94. The lowest BCUT2D eigenvalue weighted by molar-refractivity contribution is -0.149. The lowest BCUT2D eigenvalue weighted by Crippen LogP contribution is -2.41. The maximum atomic E-state index is 12.2. The van der Waals surface area contributed by atoms with Gasteiger partial charge in [-0.05, 0) is 26.7 Å². The summed E-state index contributed by atoms with van der Waals surface area (Å²) in [7, 11) is 0. The standard InChI is InChI=1S/C13H19N3O3/c1-3-19-13(18)10-4-6-16(7-5-10)12(17)11-9(2)14-8-15-11/h8,10H,3-7H2,1-2H3,(H,14,15). The first-order valence-electron chi connectivity index (χ1n) is 6.59. The predicted molar refractivity (Wildman–Crippen MR) is 68.6 cm³/mol. The smallest absolute Gasteiger partial charge is 0.309 e. The van der Waals surface area contributed by atoms with Gasteiger partial charge in [-0.25, -0.2) is 4.98 Å². The Morgan fingerprint density at radius 2 is 2.16 bits per heavy atom. The highest BCUT2D eigenvalue weighted by Gasteiger charge is 2.29. The molecule has 0 unspecified atom stereocenters. The summed E-state index contributed by atoms with van der Waals surface area (Å²) in [4.78, 5) is 32.5. The molecule has 1 amide bonds. The fraction of sp³-hybridized carbons (Fsp3) is 0.615. The minimum Gasteiger partial charge on any atom is -0.466 e. The van der Waals surface area contributed by atoms with Crippen LogP contribution in [0.5, 0.6) is 0 Å². The molecule has 1 aliphatic rings. The van der Waals surface area contributed by atoms with Gasteiger partial charge in [0.2, 0.25) is 0 Å². The second-order valence-electron chi connectivity index (χ2n) is 4.69. The van der Waals surface area contributed by atoms with Crippen LogP contribution in [0.4, 0.5) is 0 Å². The zero-order valence-corrected chi connectivity index (χ0v) is 11.3. The van der Waals surface area contributed by atoms with Crippen molar-refractivity contribution in [3.8, 4) is 0 Å². The summed E-state index contributed by atoms with van der Waals surface area (Å²) in [5.41, 5.74) is 1.24. The Kier molecular flexibility index (Phi) is 4.19. The molecule has 2 rings (SSSR count). The monoisotopic (exact) mass is 265 g/mol. The van der Waals surface area contributed by atoms with Gasteiger partial charge >= 0.3 is 5.97 Å². The third-order valence-corrected chi connectivity index (χ3v) is 3.43. The van der Waals surface area contributed by atoms with E-state index >= 15 is 0 Å². The molecule has 1 saturated heterocycles. The molecule has 104 valence electrons. The largest absolute Gasteiger partial charge is 0.466 e.